The molecular formula is C19H24N2O5S. The Morgan fingerprint density at radius 3 is 2.19 bits per heavy atom. The third-order valence-corrected chi connectivity index (χ3v) is 5.35. The molecule has 2 aromatic carbocycles. The molecule has 8 heteroatoms. The van der Waals surface area contributed by atoms with Crippen molar-refractivity contribution in [1.29, 1.82) is 0 Å². The van der Waals surface area contributed by atoms with Crippen molar-refractivity contribution in [2.75, 3.05) is 32.2 Å². The number of carbonyl (C=O) groups is 1. The van der Waals surface area contributed by atoms with Crippen LogP contribution in [0, 0.1) is 0 Å². The number of methoxy groups -OCH3 is 1. The molecule has 0 radical (unpaired) electrons. The summed E-state index contributed by atoms with van der Waals surface area (Å²) >= 11 is 0. The van der Waals surface area contributed by atoms with Crippen molar-refractivity contribution in [2.45, 2.75) is 18.2 Å². The van der Waals surface area contributed by atoms with Crippen LogP contribution in [0.3, 0.4) is 0 Å². The number of hydrogen-bond donors (Lipinski definition) is 1. The van der Waals surface area contributed by atoms with E-state index in [1.807, 2.05) is 6.92 Å². The Morgan fingerprint density at radius 1 is 1.04 bits per heavy atom. The average molecular weight is 392 g/mol. The van der Waals surface area contributed by atoms with Crippen LogP contribution in [-0.4, -0.2) is 41.6 Å². The molecule has 2 rings (SSSR count). The third-order valence-electron chi connectivity index (χ3n) is 3.87. The van der Waals surface area contributed by atoms with E-state index >= 15 is 0 Å². The summed E-state index contributed by atoms with van der Waals surface area (Å²) in [5.41, 5.74) is 0.716. The van der Waals surface area contributed by atoms with E-state index < -0.39 is 10.0 Å². The number of carbonyl (C=O) groups excluding carboxylic acids is 1. The molecule has 0 aliphatic heterocycles. The predicted octanol–water partition coefficient (Wildman–Crippen LogP) is 2.43. The Kier molecular flexibility index (Phi) is 7.20. The van der Waals surface area contributed by atoms with Crippen LogP contribution < -0.4 is 19.1 Å². The van der Waals surface area contributed by atoms with Crippen LogP contribution in [0.15, 0.2) is 53.4 Å². The van der Waals surface area contributed by atoms with Gasteiger partial charge in [0.05, 0.1) is 12.0 Å². The Labute approximate surface area is 160 Å². The van der Waals surface area contributed by atoms with E-state index in [2.05, 4.69) is 4.72 Å². The van der Waals surface area contributed by atoms with Gasteiger partial charge in [0.2, 0.25) is 10.0 Å². The second kappa shape index (κ2) is 9.38. The Hall–Kier alpha value is -2.58. The molecule has 0 spiro atoms. The zero-order valence-corrected chi connectivity index (χ0v) is 16.5. The minimum Gasteiger partial charge on any atom is -0.497 e. The lowest BCUT2D eigenvalue weighted by Gasteiger charge is -2.18. The Morgan fingerprint density at radius 2 is 1.63 bits per heavy atom. The maximum atomic E-state index is 12.3. The first-order valence-electron chi connectivity index (χ1n) is 8.50. The van der Waals surface area contributed by atoms with E-state index in [-0.39, 0.29) is 17.4 Å². The molecular weight excluding hydrogens is 368 g/mol. The zero-order chi connectivity index (χ0) is 19.9. The van der Waals surface area contributed by atoms with Crippen LogP contribution in [0.4, 0.5) is 5.69 Å². The first kappa shape index (κ1) is 20.7. The maximum Gasteiger partial charge on any atom is 0.264 e. The Balaban J connectivity index is 1.94. The summed E-state index contributed by atoms with van der Waals surface area (Å²) < 4.78 is 37.1. The normalized spacial score (nSPS) is 11.1. The molecule has 0 atom stereocenters. The highest BCUT2D eigenvalue weighted by molar-refractivity contribution is 7.89. The number of likely N-dealkylation sites (N-methyl/N-ethyl adjacent to an activating group) is 1. The summed E-state index contributed by atoms with van der Waals surface area (Å²) in [6.07, 6.45) is 0.713. The summed E-state index contributed by atoms with van der Waals surface area (Å²) in [5.74, 6) is 0.890. The highest BCUT2D eigenvalue weighted by Gasteiger charge is 2.14. The summed E-state index contributed by atoms with van der Waals surface area (Å²) in [7, 11) is -0.284. The molecule has 0 saturated carbocycles. The number of nitrogens with one attached hydrogen (secondary N) is 1. The molecule has 0 aromatic heterocycles. The molecule has 0 aliphatic carbocycles. The average Bonchev–Trinajstić information content (AvgIpc) is 2.70. The lowest BCUT2D eigenvalue weighted by Crippen LogP contribution is -2.31. The summed E-state index contributed by atoms with van der Waals surface area (Å²) in [6, 6.07) is 13.1. The van der Waals surface area contributed by atoms with Gasteiger partial charge in [0.25, 0.3) is 5.91 Å². The van der Waals surface area contributed by atoms with Gasteiger partial charge in [-0.05, 0) is 55.0 Å². The largest absolute Gasteiger partial charge is 0.497 e. The van der Waals surface area contributed by atoms with Crippen molar-refractivity contribution in [2.24, 2.45) is 0 Å². The Bertz CT molecular complexity index is 849. The van der Waals surface area contributed by atoms with Gasteiger partial charge in [-0.3, -0.25) is 4.79 Å². The number of nitrogens with zero attached hydrogens (tertiary/aromatic N) is 1. The van der Waals surface area contributed by atoms with Crippen LogP contribution in [0.25, 0.3) is 0 Å². The first-order chi connectivity index (χ1) is 12.9. The number of ether oxygens (including phenoxy) is 2. The van der Waals surface area contributed by atoms with Crippen molar-refractivity contribution in [1.82, 2.24) is 4.72 Å². The molecule has 0 heterocycles. The van der Waals surface area contributed by atoms with E-state index in [1.165, 1.54) is 29.2 Å². The van der Waals surface area contributed by atoms with Crippen molar-refractivity contribution < 1.29 is 22.7 Å². The molecule has 0 aliphatic rings. The molecule has 27 heavy (non-hydrogen) atoms. The fourth-order valence-corrected chi connectivity index (χ4v) is 3.36. The second-order valence-electron chi connectivity index (χ2n) is 5.81. The number of benzene rings is 2. The van der Waals surface area contributed by atoms with Crippen molar-refractivity contribution in [3.63, 3.8) is 0 Å². The number of sulfonamides is 1. The van der Waals surface area contributed by atoms with Gasteiger partial charge in [-0.1, -0.05) is 6.92 Å². The van der Waals surface area contributed by atoms with Crippen molar-refractivity contribution in [3.8, 4) is 11.5 Å². The van der Waals surface area contributed by atoms with E-state index in [1.54, 1.807) is 38.4 Å². The van der Waals surface area contributed by atoms with E-state index in [9.17, 15) is 13.2 Å². The molecule has 1 N–H and O–H groups in total. The molecule has 0 saturated heterocycles. The standard InChI is InChI=1S/C19H24N2O5S/c1-4-13-20-27(23,24)18-11-9-17(10-12-18)26-14-19(22)21(2)15-5-7-16(25-3)8-6-15/h5-12,20H,4,13-14H2,1-3H3. The lowest BCUT2D eigenvalue weighted by atomic mass is 10.3. The summed E-state index contributed by atoms with van der Waals surface area (Å²) in [5, 5.41) is 0. The quantitative estimate of drug-likeness (QED) is 0.708. The van der Waals surface area contributed by atoms with E-state index in [0.717, 1.165) is 0 Å². The molecule has 146 valence electrons. The van der Waals surface area contributed by atoms with Crippen LogP contribution in [-0.2, 0) is 14.8 Å². The van der Waals surface area contributed by atoms with Gasteiger partial charge >= 0.3 is 0 Å². The fraction of sp³-hybridized carbons (Fsp3) is 0.316. The molecule has 0 fully saturated rings. The highest BCUT2D eigenvalue weighted by atomic mass is 32.2. The van der Waals surface area contributed by atoms with E-state index in [4.69, 9.17) is 9.47 Å². The minimum absolute atomic E-state index is 0.157. The number of hydrogen-bond acceptors (Lipinski definition) is 5. The predicted molar refractivity (Wildman–Crippen MR) is 104 cm³/mol. The first-order valence-corrected chi connectivity index (χ1v) is 9.99. The second-order valence-corrected chi connectivity index (χ2v) is 7.58. The van der Waals surface area contributed by atoms with Gasteiger partial charge in [-0.15, -0.1) is 0 Å². The minimum atomic E-state index is -3.52. The smallest absolute Gasteiger partial charge is 0.264 e. The third kappa shape index (κ3) is 5.70. The topological polar surface area (TPSA) is 84.9 Å². The van der Waals surface area contributed by atoms with Gasteiger partial charge in [0.15, 0.2) is 6.61 Å². The number of amides is 1. The van der Waals surface area contributed by atoms with Gasteiger partial charge in [0, 0.05) is 19.3 Å². The number of rotatable bonds is 9. The monoisotopic (exact) mass is 392 g/mol. The molecule has 1 amide bonds. The van der Waals surface area contributed by atoms with Crippen LogP contribution >= 0.6 is 0 Å². The van der Waals surface area contributed by atoms with Gasteiger partial charge < -0.3 is 14.4 Å². The van der Waals surface area contributed by atoms with Gasteiger partial charge in [-0.25, -0.2) is 13.1 Å². The van der Waals surface area contributed by atoms with Crippen LogP contribution in [0.2, 0.25) is 0 Å². The molecule has 0 bridgehead atoms. The van der Waals surface area contributed by atoms with Crippen molar-refractivity contribution >= 4 is 21.6 Å². The van der Waals surface area contributed by atoms with Crippen LogP contribution in [0.5, 0.6) is 11.5 Å². The molecule has 0 unspecified atom stereocenters. The summed E-state index contributed by atoms with van der Waals surface area (Å²) in [6.45, 7) is 2.11. The SMILES string of the molecule is CCCNS(=O)(=O)c1ccc(OCC(=O)N(C)c2ccc(OC)cc2)cc1. The van der Waals surface area contributed by atoms with Crippen molar-refractivity contribution in [3.05, 3.63) is 48.5 Å². The maximum absolute atomic E-state index is 12.3. The zero-order valence-electron chi connectivity index (χ0n) is 15.6. The number of anilines is 1. The molecule has 2 aromatic rings. The summed E-state index contributed by atoms with van der Waals surface area (Å²) in [4.78, 5) is 13.9. The van der Waals surface area contributed by atoms with Crippen LogP contribution in [0.1, 0.15) is 13.3 Å². The molecule has 7 nitrogen and oxygen atoms in total. The fourth-order valence-electron chi connectivity index (χ4n) is 2.23. The van der Waals surface area contributed by atoms with E-state index in [0.29, 0.717) is 30.2 Å². The lowest BCUT2D eigenvalue weighted by molar-refractivity contribution is -0.120. The van der Waals surface area contributed by atoms with Gasteiger partial charge in [0.1, 0.15) is 11.5 Å². The highest BCUT2D eigenvalue weighted by Crippen LogP contribution is 2.19. The van der Waals surface area contributed by atoms with Gasteiger partial charge in [-0.2, -0.15) is 0 Å².